The third-order valence-electron chi connectivity index (χ3n) is 4.92. The molecule has 0 spiro atoms. The van der Waals surface area contributed by atoms with Crippen molar-refractivity contribution in [2.75, 3.05) is 13.2 Å². The molecule has 0 unspecified atom stereocenters. The number of aliphatic hydroxyl groups excluding tert-OH is 1. The highest BCUT2D eigenvalue weighted by Gasteiger charge is 2.35. The van der Waals surface area contributed by atoms with Gasteiger partial charge in [-0.2, -0.15) is 0 Å². The predicted octanol–water partition coefficient (Wildman–Crippen LogP) is 3.62. The monoisotopic (exact) mass is 341 g/mol. The van der Waals surface area contributed by atoms with Gasteiger partial charge in [0.1, 0.15) is 18.1 Å². The van der Waals surface area contributed by atoms with Crippen molar-refractivity contribution in [3.05, 3.63) is 59.7 Å². The predicted molar refractivity (Wildman–Crippen MR) is 99.0 cm³/mol. The molecule has 1 aliphatic rings. The molecule has 0 saturated heterocycles. The first-order valence-electron chi connectivity index (χ1n) is 8.96. The van der Waals surface area contributed by atoms with E-state index < -0.39 is 5.54 Å². The lowest BCUT2D eigenvalue weighted by Crippen LogP contribution is -2.40. The second kappa shape index (κ2) is 7.89. The van der Waals surface area contributed by atoms with Gasteiger partial charge in [-0.3, -0.25) is 0 Å². The molecule has 4 heteroatoms. The van der Waals surface area contributed by atoms with Crippen molar-refractivity contribution in [1.29, 1.82) is 0 Å². The van der Waals surface area contributed by atoms with E-state index >= 15 is 0 Å². The van der Waals surface area contributed by atoms with Gasteiger partial charge in [0.05, 0.1) is 13.2 Å². The van der Waals surface area contributed by atoms with Gasteiger partial charge in [-0.15, -0.1) is 0 Å². The number of benzene rings is 2. The topological polar surface area (TPSA) is 64.7 Å². The van der Waals surface area contributed by atoms with Crippen molar-refractivity contribution >= 4 is 0 Å². The van der Waals surface area contributed by atoms with Crippen LogP contribution in [-0.2, 0) is 6.61 Å². The number of nitrogens with two attached hydrogens (primary N) is 1. The molecule has 3 N–H and O–H groups in total. The minimum absolute atomic E-state index is 0.0610. The minimum Gasteiger partial charge on any atom is -0.494 e. The van der Waals surface area contributed by atoms with E-state index in [4.69, 9.17) is 15.2 Å². The van der Waals surface area contributed by atoms with Crippen LogP contribution in [0, 0.1) is 0 Å². The lowest BCUT2D eigenvalue weighted by molar-refractivity contribution is 0.198. The Labute approximate surface area is 149 Å². The van der Waals surface area contributed by atoms with Gasteiger partial charge in [-0.1, -0.05) is 24.3 Å². The average Bonchev–Trinajstić information content (AvgIpc) is 3.04. The van der Waals surface area contributed by atoms with Crippen LogP contribution in [0.3, 0.4) is 0 Å². The molecule has 0 radical (unpaired) electrons. The third-order valence-corrected chi connectivity index (χ3v) is 4.92. The molecule has 0 bridgehead atoms. The summed E-state index contributed by atoms with van der Waals surface area (Å²) >= 11 is 0. The van der Waals surface area contributed by atoms with Gasteiger partial charge in [-0.05, 0) is 67.5 Å². The summed E-state index contributed by atoms with van der Waals surface area (Å²) in [5, 5.41) is 9.41. The van der Waals surface area contributed by atoms with Gasteiger partial charge in [0.15, 0.2) is 0 Å². The number of aliphatic hydroxyl groups is 1. The largest absolute Gasteiger partial charge is 0.494 e. The normalized spacial score (nSPS) is 22.8. The first-order chi connectivity index (χ1) is 12.1. The Bertz CT molecular complexity index is 686. The van der Waals surface area contributed by atoms with Gasteiger partial charge in [0.25, 0.3) is 0 Å². The van der Waals surface area contributed by atoms with Crippen LogP contribution in [0.5, 0.6) is 11.5 Å². The Morgan fingerprint density at radius 2 is 1.92 bits per heavy atom. The Balaban J connectivity index is 1.57. The molecule has 0 aromatic heterocycles. The first-order valence-corrected chi connectivity index (χ1v) is 8.96. The van der Waals surface area contributed by atoms with Crippen LogP contribution in [0.2, 0.25) is 0 Å². The average molecular weight is 341 g/mol. The van der Waals surface area contributed by atoms with Gasteiger partial charge < -0.3 is 20.3 Å². The molecule has 2 atom stereocenters. The van der Waals surface area contributed by atoms with Crippen molar-refractivity contribution in [3.63, 3.8) is 0 Å². The molecule has 0 amide bonds. The van der Waals surface area contributed by atoms with Crippen molar-refractivity contribution in [1.82, 2.24) is 0 Å². The Morgan fingerprint density at radius 1 is 1.12 bits per heavy atom. The number of ether oxygens (including phenoxy) is 2. The standard InChI is InChI=1S/C21H27NO3/c1-2-24-20-5-3-4-16(12-20)14-25-19-8-6-17(7-9-19)18-10-11-21(22,13-18)15-23/h3-9,12,18,23H,2,10-11,13-15,22H2,1H3/t18-,21-/m1/s1. The number of hydrogen-bond donors (Lipinski definition) is 2. The Morgan fingerprint density at radius 3 is 2.60 bits per heavy atom. The Hall–Kier alpha value is -2.04. The molecule has 25 heavy (non-hydrogen) atoms. The van der Waals surface area contributed by atoms with E-state index in [1.165, 1.54) is 5.56 Å². The molecule has 2 aromatic carbocycles. The lowest BCUT2D eigenvalue weighted by atomic mass is 9.94. The van der Waals surface area contributed by atoms with E-state index in [9.17, 15) is 5.11 Å². The maximum atomic E-state index is 9.41. The highest BCUT2D eigenvalue weighted by molar-refractivity contribution is 5.32. The molecule has 1 aliphatic carbocycles. The summed E-state index contributed by atoms with van der Waals surface area (Å²) in [6.45, 7) is 3.21. The van der Waals surface area contributed by atoms with E-state index in [2.05, 4.69) is 12.1 Å². The molecular weight excluding hydrogens is 314 g/mol. The smallest absolute Gasteiger partial charge is 0.119 e. The third kappa shape index (κ3) is 4.53. The van der Waals surface area contributed by atoms with Crippen LogP contribution in [0.4, 0.5) is 0 Å². The Kier molecular flexibility index (Phi) is 5.61. The highest BCUT2D eigenvalue weighted by atomic mass is 16.5. The van der Waals surface area contributed by atoms with E-state index in [1.54, 1.807) is 0 Å². The molecule has 1 fully saturated rings. The maximum absolute atomic E-state index is 9.41. The quantitative estimate of drug-likeness (QED) is 0.807. The van der Waals surface area contributed by atoms with E-state index in [1.807, 2.05) is 43.3 Å². The zero-order valence-corrected chi connectivity index (χ0v) is 14.8. The lowest BCUT2D eigenvalue weighted by Gasteiger charge is -2.21. The molecule has 4 nitrogen and oxygen atoms in total. The molecule has 1 saturated carbocycles. The van der Waals surface area contributed by atoms with Gasteiger partial charge in [0, 0.05) is 5.54 Å². The van der Waals surface area contributed by atoms with Gasteiger partial charge in [0.2, 0.25) is 0 Å². The molecule has 134 valence electrons. The molecule has 0 aliphatic heterocycles. The molecule has 3 rings (SSSR count). The van der Waals surface area contributed by atoms with E-state index in [0.717, 1.165) is 36.3 Å². The molecule has 0 heterocycles. The van der Waals surface area contributed by atoms with Crippen LogP contribution in [-0.4, -0.2) is 23.9 Å². The maximum Gasteiger partial charge on any atom is 0.119 e. The summed E-state index contributed by atoms with van der Waals surface area (Å²) in [6.07, 6.45) is 2.75. The summed E-state index contributed by atoms with van der Waals surface area (Å²) in [4.78, 5) is 0. The second-order valence-corrected chi connectivity index (χ2v) is 6.90. The van der Waals surface area contributed by atoms with Crippen molar-refractivity contribution in [2.45, 2.75) is 44.2 Å². The second-order valence-electron chi connectivity index (χ2n) is 6.90. The van der Waals surface area contributed by atoms with Gasteiger partial charge >= 0.3 is 0 Å². The van der Waals surface area contributed by atoms with Crippen molar-refractivity contribution in [3.8, 4) is 11.5 Å². The minimum atomic E-state index is -0.411. The zero-order chi connectivity index (χ0) is 17.7. The molecular formula is C21H27NO3. The summed E-state index contributed by atoms with van der Waals surface area (Å²) in [7, 11) is 0. The van der Waals surface area contributed by atoms with Crippen LogP contribution < -0.4 is 15.2 Å². The van der Waals surface area contributed by atoms with Crippen LogP contribution in [0.15, 0.2) is 48.5 Å². The van der Waals surface area contributed by atoms with Crippen LogP contribution >= 0.6 is 0 Å². The van der Waals surface area contributed by atoms with E-state index in [0.29, 0.717) is 19.1 Å². The number of hydrogen-bond acceptors (Lipinski definition) is 4. The summed E-state index contributed by atoms with van der Waals surface area (Å²) in [5.74, 6) is 2.15. The summed E-state index contributed by atoms with van der Waals surface area (Å²) < 4.78 is 11.4. The number of rotatable bonds is 7. The molecule has 2 aromatic rings. The van der Waals surface area contributed by atoms with Crippen LogP contribution in [0.25, 0.3) is 0 Å². The van der Waals surface area contributed by atoms with Crippen molar-refractivity contribution in [2.24, 2.45) is 5.73 Å². The fraction of sp³-hybridized carbons (Fsp3) is 0.429. The van der Waals surface area contributed by atoms with Crippen molar-refractivity contribution < 1.29 is 14.6 Å². The summed E-state index contributed by atoms with van der Waals surface area (Å²) in [6, 6.07) is 16.2. The zero-order valence-electron chi connectivity index (χ0n) is 14.8. The van der Waals surface area contributed by atoms with Crippen LogP contribution in [0.1, 0.15) is 43.2 Å². The van der Waals surface area contributed by atoms with Gasteiger partial charge in [-0.25, -0.2) is 0 Å². The fourth-order valence-corrected chi connectivity index (χ4v) is 3.48. The first kappa shape index (κ1) is 17.8. The van der Waals surface area contributed by atoms with E-state index in [-0.39, 0.29) is 6.61 Å². The highest BCUT2D eigenvalue weighted by Crippen LogP contribution is 2.39. The summed E-state index contributed by atoms with van der Waals surface area (Å²) in [5.41, 5.74) is 8.12. The SMILES string of the molecule is CCOc1cccc(COc2ccc([C@@H]3CC[C@](N)(CO)C3)cc2)c1. The fourth-order valence-electron chi connectivity index (χ4n) is 3.48.